The predicted molar refractivity (Wildman–Crippen MR) is 69.7 cm³/mol. The maximum atomic E-state index is 12.3. The third-order valence-electron chi connectivity index (χ3n) is 3.35. The molecule has 1 aliphatic carbocycles. The van der Waals surface area contributed by atoms with Gasteiger partial charge >= 0.3 is 0 Å². The summed E-state index contributed by atoms with van der Waals surface area (Å²) in [5.74, 6) is -0.0357. The number of aromatic nitrogens is 4. The number of rotatable bonds is 3. The number of amides is 1. The highest BCUT2D eigenvalue weighted by Gasteiger charge is 2.42. The number of hydrogen-bond acceptors (Lipinski definition) is 5. The number of nitrogens with two attached hydrogens (primary N) is 1. The maximum Gasteiger partial charge on any atom is 0.270 e. The summed E-state index contributed by atoms with van der Waals surface area (Å²) in [6.45, 7) is 0. The monoisotopic (exact) mass is 268 g/mol. The molecular weight excluding hydrogens is 252 g/mol. The van der Waals surface area contributed by atoms with E-state index in [0.29, 0.717) is 12.8 Å². The lowest BCUT2D eigenvalue weighted by Gasteiger charge is -2.34. The van der Waals surface area contributed by atoms with E-state index in [9.17, 15) is 4.79 Å². The van der Waals surface area contributed by atoms with Crippen molar-refractivity contribution in [2.75, 3.05) is 5.32 Å². The number of tetrazole rings is 1. The Morgan fingerprint density at radius 3 is 2.61 bits per heavy atom. The molecule has 1 aromatic heterocycles. The van der Waals surface area contributed by atoms with Gasteiger partial charge in [-0.25, -0.2) is 0 Å². The minimum Gasteiger partial charge on any atom is -0.392 e. The van der Waals surface area contributed by atoms with Crippen LogP contribution in [0.3, 0.4) is 0 Å². The number of hydrogen-bond donors (Lipinski definition) is 2. The van der Waals surface area contributed by atoms with Crippen LogP contribution in [0, 0.1) is 5.41 Å². The van der Waals surface area contributed by atoms with Gasteiger partial charge in [0, 0.05) is 0 Å². The van der Waals surface area contributed by atoms with Gasteiger partial charge in [0.2, 0.25) is 5.91 Å². The Labute approximate surface area is 110 Å². The van der Waals surface area contributed by atoms with Crippen LogP contribution >= 0.6 is 12.2 Å². The number of aryl methyl sites for hydroxylation is 1. The van der Waals surface area contributed by atoms with Crippen molar-refractivity contribution < 1.29 is 4.79 Å². The fourth-order valence-corrected chi connectivity index (χ4v) is 2.59. The highest BCUT2D eigenvalue weighted by Crippen LogP contribution is 2.37. The molecule has 8 heteroatoms. The summed E-state index contributed by atoms with van der Waals surface area (Å²) < 4.78 is 0. The first-order valence-electron chi connectivity index (χ1n) is 5.90. The lowest BCUT2D eigenvalue weighted by Crippen LogP contribution is -2.47. The van der Waals surface area contributed by atoms with Gasteiger partial charge < -0.3 is 5.73 Å². The van der Waals surface area contributed by atoms with E-state index in [4.69, 9.17) is 18.0 Å². The lowest BCUT2D eigenvalue weighted by atomic mass is 9.73. The minimum absolute atomic E-state index is 0.184. The normalized spacial score (nSPS) is 18.3. The molecule has 0 unspecified atom stereocenters. The molecule has 0 spiro atoms. The first kappa shape index (κ1) is 12.9. The summed E-state index contributed by atoms with van der Waals surface area (Å²) in [4.78, 5) is 13.9. The van der Waals surface area contributed by atoms with Crippen molar-refractivity contribution in [1.82, 2.24) is 20.2 Å². The molecule has 0 aliphatic heterocycles. The summed E-state index contributed by atoms with van der Waals surface area (Å²) in [5.41, 5.74) is 5.01. The first-order chi connectivity index (χ1) is 8.54. The Balaban J connectivity index is 2.16. The van der Waals surface area contributed by atoms with Crippen LogP contribution in [0.5, 0.6) is 0 Å². The second-order valence-corrected chi connectivity index (χ2v) is 5.00. The molecule has 0 atom stereocenters. The van der Waals surface area contributed by atoms with Crippen molar-refractivity contribution in [2.24, 2.45) is 18.2 Å². The van der Waals surface area contributed by atoms with Crippen molar-refractivity contribution in [3.05, 3.63) is 0 Å². The van der Waals surface area contributed by atoms with Crippen LogP contribution < -0.4 is 11.1 Å². The van der Waals surface area contributed by atoms with E-state index >= 15 is 0 Å². The zero-order valence-corrected chi connectivity index (χ0v) is 11.0. The van der Waals surface area contributed by atoms with Crippen molar-refractivity contribution in [2.45, 2.75) is 32.1 Å². The Morgan fingerprint density at radius 2 is 2.11 bits per heavy atom. The number of anilines is 1. The smallest absolute Gasteiger partial charge is 0.270 e. The van der Waals surface area contributed by atoms with Crippen molar-refractivity contribution in [3.8, 4) is 0 Å². The van der Waals surface area contributed by atoms with Gasteiger partial charge in [-0.15, -0.1) is 5.10 Å². The van der Waals surface area contributed by atoms with Gasteiger partial charge in [-0.3, -0.25) is 10.1 Å². The Hall–Kier alpha value is -1.57. The maximum absolute atomic E-state index is 12.3. The molecule has 0 radical (unpaired) electrons. The number of nitrogens with one attached hydrogen (secondary N) is 1. The molecule has 0 bridgehead atoms. The van der Waals surface area contributed by atoms with E-state index in [1.807, 2.05) is 0 Å². The molecule has 1 amide bonds. The lowest BCUT2D eigenvalue weighted by molar-refractivity contribution is -0.123. The fraction of sp³-hybridized carbons (Fsp3) is 0.700. The average molecular weight is 268 g/mol. The van der Waals surface area contributed by atoms with E-state index < -0.39 is 5.41 Å². The Bertz CT molecular complexity index is 465. The van der Waals surface area contributed by atoms with Crippen LogP contribution in [-0.2, 0) is 11.8 Å². The highest BCUT2D eigenvalue weighted by atomic mass is 32.1. The second-order valence-electron chi connectivity index (χ2n) is 4.56. The van der Waals surface area contributed by atoms with Gasteiger partial charge in [0.25, 0.3) is 5.95 Å². The zero-order valence-electron chi connectivity index (χ0n) is 10.2. The molecule has 0 aromatic carbocycles. The second kappa shape index (κ2) is 4.97. The van der Waals surface area contributed by atoms with E-state index in [0.717, 1.165) is 19.3 Å². The molecule has 1 aromatic rings. The molecule has 1 heterocycles. The molecule has 1 fully saturated rings. The molecule has 3 N–H and O–H groups in total. The summed E-state index contributed by atoms with van der Waals surface area (Å²) in [5, 5.41) is 13.9. The van der Waals surface area contributed by atoms with Crippen LogP contribution in [-0.4, -0.2) is 31.1 Å². The van der Waals surface area contributed by atoms with Crippen LogP contribution in [0.25, 0.3) is 0 Å². The van der Waals surface area contributed by atoms with E-state index in [-0.39, 0.29) is 16.8 Å². The van der Waals surface area contributed by atoms with Crippen molar-refractivity contribution in [1.29, 1.82) is 0 Å². The van der Waals surface area contributed by atoms with E-state index in [1.54, 1.807) is 7.05 Å². The van der Waals surface area contributed by atoms with Crippen molar-refractivity contribution in [3.63, 3.8) is 0 Å². The van der Waals surface area contributed by atoms with Gasteiger partial charge in [-0.1, -0.05) is 36.6 Å². The standard InChI is InChI=1S/C10H16N6OS/c1-16-14-9(13-15-16)12-8(17)10(7(11)18)5-3-2-4-6-10/h2-6H2,1H3,(H2,11,18)(H,12,14,17). The van der Waals surface area contributed by atoms with E-state index in [1.165, 1.54) is 4.80 Å². The zero-order chi connectivity index (χ0) is 13.2. The van der Waals surface area contributed by atoms with Crippen LogP contribution in [0.1, 0.15) is 32.1 Å². The topological polar surface area (TPSA) is 98.7 Å². The van der Waals surface area contributed by atoms with E-state index in [2.05, 4.69) is 20.7 Å². The van der Waals surface area contributed by atoms with Gasteiger partial charge in [0.15, 0.2) is 0 Å². The molecule has 7 nitrogen and oxygen atoms in total. The molecule has 0 saturated heterocycles. The predicted octanol–water partition coefficient (Wildman–Crippen LogP) is 0.385. The molecule has 1 saturated carbocycles. The number of thiocarbonyl (C=S) groups is 1. The Morgan fingerprint density at radius 1 is 1.44 bits per heavy atom. The van der Waals surface area contributed by atoms with Crippen molar-refractivity contribution >= 4 is 29.1 Å². The average Bonchev–Trinajstić information content (AvgIpc) is 2.75. The summed E-state index contributed by atoms with van der Waals surface area (Å²) in [6, 6.07) is 0. The van der Waals surface area contributed by atoms with Gasteiger partial charge in [0.05, 0.1) is 17.5 Å². The summed E-state index contributed by atoms with van der Waals surface area (Å²) >= 11 is 5.08. The quantitative estimate of drug-likeness (QED) is 0.769. The number of carbonyl (C=O) groups excluding carboxylic acids is 1. The van der Waals surface area contributed by atoms with Crippen LogP contribution in [0.15, 0.2) is 0 Å². The third kappa shape index (κ3) is 2.33. The van der Waals surface area contributed by atoms with Gasteiger partial charge in [0.1, 0.15) is 0 Å². The molecule has 98 valence electrons. The van der Waals surface area contributed by atoms with Crippen LogP contribution in [0.4, 0.5) is 5.95 Å². The molecule has 1 aliphatic rings. The minimum atomic E-state index is -0.757. The molecular formula is C10H16N6OS. The fourth-order valence-electron chi connectivity index (χ4n) is 2.30. The SMILES string of the molecule is Cn1nnc(NC(=O)C2(C(N)=S)CCCCC2)n1. The highest BCUT2D eigenvalue weighted by molar-refractivity contribution is 7.80. The number of nitrogens with zero attached hydrogens (tertiary/aromatic N) is 4. The molecule has 2 rings (SSSR count). The molecule has 18 heavy (non-hydrogen) atoms. The van der Waals surface area contributed by atoms with Gasteiger partial charge in [-0.05, 0) is 18.1 Å². The summed E-state index contributed by atoms with van der Waals surface area (Å²) in [6.07, 6.45) is 4.40. The summed E-state index contributed by atoms with van der Waals surface area (Å²) in [7, 11) is 1.63. The van der Waals surface area contributed by atoms with Gasteiger partial charge in [-0.2, -0.15) is 4.80 Å². The Kier molecular flexibility index (Phi) is 3.55. The number of carbonyl (C=O) groups is 1. The largest absolute Gasteiger partial charge is 0.392 e. The first-order valence-corrected chi connectivity index (χ1v) is 6.31. The third-order valence-corrected chi connectivity index (χ3v) is 3.74. The van der Waals surface area contributed by atoms with Crippen LogP contribution in [0.2, 0.25) is 0 Å².